The minimum Gasteiger partial charge on any atom is -0.385 e. The third kappa shape index (κ3) is 5.46. The van der Waals surface area contributed by atoms with E-state index in [0.29, 0.717) is 24.1 Å². The van der Waals surface area contributed by atoms with Gasteiger partial charge in [0.25, 0.3) is 0 Å². The maximum Gasteiger partial charge on any atom is 0.223 e. The van der Waals surface area contributed by atoms with E-state index in [2.05, 4.69) is 32.5 Å². The summed E-state index contributed by atoms with van der Waals surface area (Å²) in [6.07, 6.45) is 4.27. The van der Waals surface area contributed by atoms with Crippen molar-refractivity contribution in [2.75, 3.05) is 24.4 Å². The summed E-state index contributed by atoms with van der Waals surface area (Å²) in [5.74, 6) is 0.873. The molecule has 0 bridgehead atoms. The summed E-state index contributed by atoms with van der Waals surface area (Å²) in [6.45, 7) is 2.73. The van der Waals surface area contributed by atoms with Gasteiger partial charge in [-0.1, -0.05) is 6.07 Å². The van der Waals surface area contributed by atoms with Crippen LogP contribution in [0.3, 0.4) is 0 Å². The first-order valence-corrected chi connectivity index (χ1v) is 8.71. The molecule has 1 unspecified atom stereocenters. The molecule has 0 aliphatic heterocycles. The van der Waals surface area contributed by atoms with Crippen molar-refractivity contribution in [1.82, 2.24) is 15.0 Å². The number of methoxy groups -OCH3 is 1. The van der Waals surface area contributed by atoms with E-state index in [0.717, 1.165) is 17.7 Å². The van der Waals surface area contributed by atoms with Gasteiger partial charge in [-0.3, -0.25) is 0 Å². The topological polar surface area (TPSA) is 72.0 Å². The number of aromatic nitrogens is 3. The van der Waals surface area contributed by atoms with E-state index in [-0.39, 0.29) is 11.9 Å². The highest BCUT2D eigenvalue weighted by Crippen LogP contribution is 2.22. The Hall–Kier alpha value is -3.06. The average Bonchev–Trinajstić information content (AvgIpc) is 2.67. The number of halogens is 1. The van der Waals surface area contributed by atoms with Crippen LogP contribution < -0.4 is 10.6 Å². The molecular formula is C20H22FN5O. The zero-order chi connectivity index (χ0) is 19.1. The summed E-state index contributed by atoms with van der Waals surface area (Å²) in [4.78, 5) is 13.1. The highest BCUT2D eigenvalue weighted by atomic mass is 19.1. The molecule has 0 aliphatic rings. The molecule has 2 N–H and O–H groups in total. The molecule has 0 saturated heterocycles. The monoisotopic (exact) mass is 367 g/mol. The second-order valence-corrected chi connectivity index (χ2v) is 6.16. The number of hydrogen-bond donors (Lipinski definition) is 2. The molecule has 2 aromatic heterocycles. The zero-order valence-electron chi connectivity index (χ0n) is 15.3. The Labute approximate surface area is 157 Å². The van der Waals surface area contributed by atoms with Gasteiger partial charge in [-0.2, -0.15) is 0 Å². The Kier molecular flexibility index (Phi) is 6.27. The molecule has 27 heavy (non-hydrogen) atoms. The van der Waals surface area contributed by atoms with Crippen molar-refractivity contribution in [3.05, 3.63) is 60.7 Å². The van der Waals surface area contributed by atoms with E-state index in [4.69, 9.17) is 4.74 Å². The molecule has 0 spiro atoms. The van der Waals surface area contributed by atoms with E-state index in [9.17, 15) is 4.39 Å². The maximum atomic E-state index is 13.3. The summed E-state index contributed by atoms with van der Waals surface area (Å²) in [5, 5.41) is 6.37. The fraction of sp³-hybridized carbons (Fsp3) is 0.250. The Bertz CT molecular complexity index is 890. The summed E-state index contributed by atoms with van der Waals surface area (Å²) in [7, 11) is 1.68. The van der Waals surface area contributed by atoms with Crippen LogP contribution in [-0.2, 0) is 4.74 Å². The molecule has 2 heterocycles. The van der Waals surface area contributed by atoms with Crippen LogP contribution in [0.4, 0.5) is 21.8 Å². The maximum absolute atomic E-state index is 13.3. The first-order valence-electron chi connectivity index (χ1n) is 8.71. The SMILES string of the molecule is COCCC(C)Nc1nccc(-c2ccnc(Nc3cccc(F)c3)c2)n1. The molecule has 3 rings (SSSR count). The molecule has 0 saturated carbocycles. The van der Waals surface area contributed by atoms with Gasteiger partial charge in [-0.15, -0.1) is 0 Å². The van der Waals surface area contributed by atoms with E-state index >= 15 is 0 Å². The van der Waals surface area contributed by atoms with Crippen LogP contribution in [0.1, 0.15) is 13.3 Å². The second-order valence-electron chi connectivity index (χ2n) is 6.16. The third-order valence-corrected chi connectivity index (χ3v) is 3.94. The predicted molar refractivity (Wildman–Crippen MR) is 105 cm³/mol. The Morgan fingerprint density at radius 2 is 1.96 bits per heavy atom. The van der Waals surface area contributed by atoms with E-state index in [1.165, 1.54) is 12.1 Å². The highest BCUT2D eigenvalue weighted by Gasteiger charge is 2.07. The first-order chi connectivity index (χ1) is 13.1. The van der Waals surface area contributed by atoms with E-state index in [1.54, 1.807) is 31.6 Å². The summed E-state index contributed by atoms with van der Waals surface area (Å²) < 4.78 is 18.4. The lowest BCUT2D eigenvalue weighted by atomic mass is 10.2. The highest BCUT2D eigenvalue weighted by molar-refractivity contribution is 5.66. The van der Waals surface area contributed by atoms with Gasteiger partial charge in [0.1, 0.15) is 11.6 Å². The summed E-state index contributed by atoms with van der Waals surface area (Å²) in [5.41, 5.74) is 2.30. The van der Waals surface area contributed by atoms with Gasteiger partial charge in [0.15, 0.2) is 0 Å². The van der Waals surface area contributed by atoms with E-state index in [1.807, 2.05) is 18.2 Å². The minimum atomic E-state index is -0.301. The van der Waals surface area contributed by atoms with Gasteiger partial charge in [0.05, 0.1) is 5.69 Å². The van der Waals surface area contributed by atoms with Crippen LogP contribution in [0.25, 0.3) is 11.3 Å². The zero-order valence-corrected chi connectivity index (χ0v) is 15.3. The molecule has 6 nitrogen and oxygen atoms in total. The fourth-order valence-electron chi connectivity index (χ4n) is 2.55. The average molecular weight is 367 g/mol. The second kappa shape index (κ2) is 9.05. The van der Waals surface area contributed by atoms with Gasteiger partial charge in [-0.25, -0.2) is 19.3 Å². The predicted octanol–water partition coefficient (Wildman–Crippen LogP) is 4.26. The largest absolute Gasteiger partial charge is 0.385 e. The van der Waals surface area contributed by atoms with Crippen molar-refractivity contribution in [3.63, 3.8) is 0 Å². The summed E-state index contributed by atoms with van der Waals surface area (Å²) in [6, 6.07) is 12.0. The van der Waals surface area contributed by atoms with Crippen molar-refractivity contribution >= 4 is 17.5 Å². The number of benzene rings is 1. The minimum absolute atomic E-state index is 0.197. The normalized spacial score (nSPS) is 11.8. The molecule has 140 valence electrons. The summed E-state index contributed by atoms with van der Waals surface area (Å²) >= 11 is 0. The van der Waals surface area contributed by atoms with Gasteiger partial charge in [0.2, 0.25) is 5.95 Å². The molecule has 1 aromatic carbocycles. The molecule has 0 radical (unpaired) electrons. The number of ether oxygens (including phenoxy) is 1. The lowest BCUT2D eigenvalue weighted by molar-refractivity contribution is 0.191. The standard InChI is InChI=1S/C20H22FN5O/c1-14(8-11-27-2)24-20-23-10-7-18(26-20)15-6-9-22-19(12-15)25-17-5-3-4-16(21)13-17/h3-7,9-10,12-14H,8,11H2,1-2H3,(H,22,25)(H,23,24,26). The molecular weight excluding hydrogens is 345 g/mol. The van der Waals surface area contributed by atoms with Crippen molar-refractivity contribution in [2.45, 2.75) is 19.4 Å². The molecule has 0 aliphatic carbocycles. The number of nitrogens with one attached hydrogen (secondary N) is 2. The molecule has 7 heteroatoms. The number of hydrogen-bond acceptors (Lipinski definition) is 6. The van der Waals surface area contributed by atoms with Crippen LogP contribution in [0.2, 0.25) is 0 Å². The van der Waals surface area contributed by atoms with Gasteiger partial charge in [-0.05, 0) is 49.7 Å². The van der Waals surface area contributed by atoms with E-state index < -0.39 is 0 Å². The van der Waals surface area contributed by atoms with Crippen LogP contribution in [0.15, 0.2) is 54.9 Å². The number of anilines is 3. The quantitative estimate of drug-likeness (QED) is 0.620. The number of pyridine rings is 1. The van der Waals surface area contributed by atoms with Crippen molar-refractivity contribution in [3.8, 4) is 11.3 Å². The lowest BCUT2D eigenvalue weighted by Crippen LogP contribution is -2.18. The van der Waals surface area contributed by atoms with Gasteiger partial charge >= 0.3 is 0 Å². The van der Waals surface area contributed by atoms with Crippen LogP contribution in [0.5, 0.6) is 0 Å². The molecule has 3 aromatic rings. The Balaban J connectivity index is 1.75. The van der Waals surface area contributed by atoms with Crippen LogP contribution >= 0.6 is 0 Å². The molecule has 1 atom stereocenters. The number of rotatable bonds is 8. The van der Waals surface area contributed by atoms with Crippen molar-refractivity contribution in [2.24, 2.45) is 0 Å². The number of nitrogens with zero attached hydrogens (tertiary/aromatic N) is 3. The molecule has 0 fully saturated rings. The Morgan fingerprint density at radius 1 is 1.11 bits per heavy atom. The molecule has 0 amide bonds. The van der Waals surface area contributed by atoms with Gasteiger partial charge < -0.3 is 15.4 Å². The smallest absolute Gasteiger partial charge is 0.223 e. The van der Waals surface area contributed by atoms with Crippen molar-refractivity contribution in [1.29, 1.82) is 0 Å². The third-order valence-electron chi connectivity index (χ3n) is 3.94. The van der Waals surface area contributed by atoms with Crippen LogP contribution in [-0.4, -0.2) is 34.7 Å². The first kappa shape index (κ1) is 18.7. The van der Waals surface area contributed by atoms with Crippen molar-refractivity contribution < 1.29 is 9.13 Å². The fourth-order valence-corrected chi connectivity index (χ4v) is 2.55. The Morgan fingerprint density at radius 3 is 2.78 bits per heavy atom. The van der Waals surface area contributed by atoms with Gasteiger partial charge in [0, 0.05) is 43.4 Å². The lowest BCUT2D eigenvalue weighted by Gasteiger charge is -2.13. The van der Waals surface area contributed by atoms with Crippen LogP contribution in [0, 0.1) is 5.82 Å².